The summed E-state index contributed by atoms with van der Waals surface area (Å²) in [6.07, 6.45) is 0. The Hall–Kier alpha value is -1.96. The molecule has 0 spiro atoms. The van der Waals surface area contributed by atoms with Gasteiger partial charge in [-0.2, -0.15) is 0 Å². The smallest absolute Gasteiger partial charge is 0.176 e. The Kier molecular flexibility index (Phi) is 5.68. The van der Waals surface area contributed by atoms with E-state index in [2.05, 4.69) is 27.8 Å². The van der Waals surface area contributed by atoms with Gasteiger partial charge in [-0.1, -0.05) is 30.0 Å². The van der Waals surface area contributed by atoms with Gasteiger partial charge < -0.3 is 14.6 Å². The molecule has 0 radical (unpaired) electrons. The Labute approximate surface area is 132 Å². The van der Waals surface area contributed by atoms with E-state index in [-0.39, 0.29) is 13.2 Å². The highest BCUT2D eigenvalue weighted by Crippen LogP contribution is 2.36. The highest BCUT2D eigenvalue weighted by Gasteiger charge is 2.10. The summed E-state index contributed by atoms with van der Waals surface area (Å²) in [7, 11) is 1.56. The Bertz CT molecular complexity index is 657. The van der Waals surface area contributed by atoms with Crippen LogP contribution in [0.3, 0.4) is 0 Å². The second kappa shape index (κ2) is 7.72. The highest BCUT2D eigenvalue weighted by molar-refractivity contribution is 9.10. The average molecular weight is 347 g/mol. The van der Waals surface area contributed by atoms with E-state index in [1.54, 1.807) is 19.2 Å². The van der Waals surface area contributed by atoms with E-state index in [4.69, 9.17) is 9.47 Å². The van der Waals surface area contributed by atoms with Crippen LogP contribution >= 0.6 is 15.9 Å². The molecule has 0 aromatic heterocycles. The molecule has 0 aliphatic carbocycles. The van der Waals surface area contributed by atoms with Gasteiger partial charge in [-0.25, -0.2) is 0 Å². The molecule has 2 aromatic carbocycles. The third kappa shape index (κ3) is 4.25. The lowest BCUT2D eigenvalue weighted by molar-refractivity contribution is 0.279. The topological polar surface area (TPSA) is 38.7 Å². The lowest BCUT2D eigenvalue weighted by atomic mass is 10.2. The summed E-state index contributed by atoms with van der Waals surface area (Å²) in [6.45, 7) is 0.200. The minimum Gasteiger partial charge on any atom is -0.493 e. The zero-order valence-corrected chi connectivity index (χ0v) is 13.2. The van der Waals surface area contributed by atoms with Crippen LogP contribution in [-0.2, 0) is 6.61 Å². The summed E-state index contributed by atoms with van der Waals surface area (Å²) in [4.78, 5) is 0. The second-order valence-corrected chi connectivity index (χ2v) is 5.08. The Morgan fingerprint density at radius 1 is 1.19 bits per heavy atom. The second-order valence-electron chi connectivity index (χ2n) is 4.22. The van der Waals surface area contributed by atoms with E-state index in [0.29, 0.717) is 11.5 Å². The number of hydrogen-bond donors (Lipinski definition) is 1. The van der Waals surface area contributed by atoms with Crippen molar-refractivity contribution in [2.75, 3.05) is 13.7 Å². The first kappa shape index (κ1) is 15.4. The number of ether oxygens (including phenoxy) is 2. The van der Waals surface area contributed by atoms with Gasteiger partial charge in [-0.3, -0.25) is 0 Å². The first-order valence-corrected chi connectivity index (χ1v) is 7.18. The molecule has 0 aliphatic rings. The average Bonchev–Trinajstić information content (AvgIpc) is 2.53. The van der Waals surface area contributed by atoms with Crippen LogP contribution in [-0.4, -0.2) is 18.8 Å². The molecule has 108 valence electrons. The minimum atomic E-state index is -0.0525. The number of hydrogen-bond acceptors (Lipinski definition) is 3. The maximum Gasteiger partial charge on any atom is 0.176 e. The normalized spacial score (nSPS) is 9.67. The van der Waals surface area contributed by atoms with Gasteiger partial charge in [0.2, 0.25) is 0 Å². The highest BCUT2D eigenvalue weighted by atomic mass is 79.9. The number of rotatable bonds is 4. The quantitative estimate of drug-likeness (QED) is 0.862. The third-order valence-corrected chi connectivity index (χ3v) is 3.36. The number of aliphatic hydroxyl groups is 1. The van der Waals surface area contributed by atoms with Crippen molar-refractivity contribution in [1.82, 2.24) is 0 Å². The zero-order chi connectivity index (χ0) is 15.1. The molecule has 1 N–H and O–H groups in total. The summed E-state index contributed by atoms with van der Waals surface area (Å²) in [6, 6.07) is 13.3. The molecule has 3 nitrogen and oxygen atoms in total. The van der Waals surface area contributed by atoms with Crippen molar-refractivity contribution >= 4 is 15.9 Å². The summed E-state index contributed by atoms with van der Waals surface area (Å²) in [5.41, 5.74) is 1.70. The van der Waals surface area contributed by atoms with Crippen molar-refractivity contribution in [1.29, 1.82) is 0 Å². The number of benzene rings is 2. The van der Waals surface area contributed by atoms with Crippen LogP contribution in [0.15, 0.2) is 46.9 Å². The van der Waals surface area contributed by atoms with Gasteiger partial charge in [0, 0.05) is 5.56 Å². The van der Waals surface area contributed by atoms with E-state index < -0.39 is 0 Å². The molecule has 0 saturated heterocycles. The molecule has 0 aliphatic heterocycles. The maximum atomic E-state index is 9.17. The Balaban J connectivity index is 2.08. The van der Waals surface area contributed by atoms with Gasteiger partial charge in [-0.15, -0.1) is 0 Å². The molecule has 0 bridgehead atoms. The van der Waals surface area contributed by atoms with Gasteiger partial charge in [0.1, 0.15) is 6.61 Å². The summed E-state index contributed by atoms with van der Waals surface area (Å²) in [5.74, 6) is 7.13. The molecule has 0 unspecified atom stereocenters. The summed E-state index contributed by atoms with van der Waals surface area (Å²) in [5, 5.41) is 9.17. The fraction of sp³-hybridized carbons (Fsp3) is 0.176. The summed E-state index contributed by atoms with van der Waals surface area (Å²) < 4.78 is 11.7. The molecule has 0 amide bonds. The van der Waals surface area contributed by atoms with Crippen molar-refractivity contribution < 1.29 is 14.6 Å². The zero-order valence-electron chi connectivity index (χ0n) is 11.6. The Morgan fingerprint density at radius 3 is 2.62 bits per heavy atom. The first-order valence-electron chi connectivity index (χ1n) is 6.38. The number of aliphatic hydroxyl groups excluding tert-OH is 1. The van der Waals surface area contributed by atoms with Crippen molar-refractivity contribution in [3.8, 4) is 23.3 Å². The van der Waals surface area contributed by atoms with Crippen molar-refractivity contribution in [2.24, 2.45) is 0 Å². The largest absolute Gasteiger partial charge is 0.493 e. The molecule has 4 heteroatoms. The molecule has 0 fully saturated rings. The van der Waals surface area contributed by atoms with E-state index in [1.807, 2.05) is 30.3 Å². The molecule has 2 rings (SSSR count). The van der Waals surface area contributed by atoms with E-state index in [1.165, 1.54) is 0 Å². The maximum absolute atomic E-state index is 9.17. The van der Waals surface area contributed by atoms with Crippen LogP contribution < -0.4 is 9.47 Å². The van der Waals surface area contributed by atoms with Crippen molar-refractivity contribution in [3.63, 3.8) is 0 Å². The van der Waals surface area contributed by atoms with Crippen molar-refractivity contribution in [3.05, 3.63) is 58.1 Å². The lowest BCUT2D eigenvalue weighted by Crippen LogP contribution is -1.99. The fourth-order valence-corrected chi connectivity index (χ4v) is 2.38. The van der Waals surface area contributed by atoms with Crippen LogP contribution in [0.4, 0.5) is 0 Å². The predicted octanol–water partition coefficient (Wildman–Crippen LogP) is 3.38. The predicted molar refractivity (Wildman–Crippen MR) is 85.4 cm³/mol. The van der Waals surface area contributed by atoms with E-state index in [0.717, 1.165) is 15.6 Å². The standard InChI is InChI=1S/C17H15BrO3/c1-20-16-11-14(12-19)10-15(18)17(16)21-9-5-8-13-6-3-2-4-7-13/h2-4,6-7,10-11,19H,9,12H2,1H3. The molecule has 0 heterocycles. The lowest BCUT2D eigenvalue weighted by Gasteiger charge is -2.12. The molecular formula is C17H15BrO3. The third-order valence-electron chi connectivity index (χ3n) is 2.77. The molecular weight excluding hydrogens is 332 g/mol. The van der Waals surface area contributed by atoms with Crippen LogP contribution in [0.1, 0.15) is 11.1 Å². The van der Waals surface area contributed by atoms with E-state index in [9.17, 15) is 5.11 Å². The van der Waals surface area contributed by atoms with Gasteiger partial charge in [0.25, 0.3) is 0 Å². The molecule has 0 saturated carbocycles. The van der Waals surface area contributed by atoms with Gasteiger partial charge >= 0.3 is 0 Å². The Morgan fingerprint density at radius 2 is 1.95 bits per heavy atom. The fourth-order valence-electron chi connectivity index (χ4n) is 1.77. The van der Waals surface area contributed by atoms with Crippen LogP contribution in [0.5, 0.6) is 11.5 Å². The van der Waals surface area contributed by atoms with Crippen LogP contribution in [0.2, 0.25) is 0 Å². The number of halogens is 1. The van der Waals surface area contributed by atoms with Gasteiger partial charge in [0.15, 0.2) is 11.5 Å². The number of methoxy groups -OCH3 is 1. The van der Waals surface area contributed by atoms with Crippen molar-refractivity contribution in [2.45, 2.75) is 6.61 Å². The molecule has 2 aromatic rings. The van der Waals surface area contributed by atoms with Crippen LogP contribution in [0.25, 0.3) is 0 Å². The summed E-state index contributed by atoms with van der Waals surface area (Å²) >= 11 is 3.41. The minimum absolute atomic E-state index is 0.0525. The van der Waals surface area contributed by atoms with Gasteiger partial charge in [-0.05, 0) is 45.8 Å². The van der Waals surface area contributed by atoms with Gasteiger partial charge in [0.05, 0.1) is 18.2 Å². The first-order chi connectivity index (χ1) is 10.2. The SMILES string of the molecule is COc1cc(CO)cc(Br)c1OCC#Cc1ccccc1. The monoisotopic (exact) mass is 346 g/mol. The van der Waals surface area contributed by atoms with Crippen LogP contribution in [0, 0.1) is 11.8 Å². The molecule has 21 heavy (non-hydrogen) atoms. The van der Waals surface area contributed by atoms with E-state index >= 15 is 0 Å². The molecule has 0 atom stereocenters.